The molecule has 5 atom stereocenters. The Hall–Kier alpha value is -0.910. The average Bonchev–Trinajstić information content (AvgIpc) is 2.81. The molecule has 4 rings (SSSR count). The summed E-state index contributed by atoms with van der Waals surface area (Å²) in [4.78, 5) is 0.379. The number of sulfone groups is 1. The van der Waals surface area contributed by atoms with Crippen LogP contribution in [-0.4, -0.2) is 37.1 Å². The van der Waals surface area contributed by atoms with Gasteiger partial charge in [0.05, 0.1) is 16.2 Å². The molecule has 1 N–H and O–H groups in total. The molecule has 23 heavy (non-hydrogen) atoms. The summed E-state index contributed by atoms with van der Waals surface area (Å²) in [7, 11) is -3.34. The highest BCUT2D eigenvalue weighted by Gasteiger charge is 2.79. The summed E-state index contributed by atoms with van der Waals surface area (Å²) in [5.74, 6) is 0.686. The molecule has 4 nitrogen and oxygen atoms in total. The van der Waals surface area contributed by atoms with E-state index in [-0.39, 0.29) is 41.3 Å². The van der Waals surface area contributed by atoms with Crippen LogP contribution >= 0.6 is 0 Å². The molecule has 2 bridgehead atoms. The van der Waals surface area contributed by atoms with Gasteiger partial charge in [0.25, 0.3) is 0 Å². The van der Waals surface area contributed by atoms with Gasteiger partial charge in [0.2, 0.25) is 0 Å². The maximum absolute atomic E-state index is 12.8. The molecule has 0 radical (unpaired) electrons. The molecular weight excluding hydrogens is 312 g/mol. The van der Waals surface area contributed by atoms with Crippen molar-refractivity contribution in [3.63, 3.8) is 0 Å². The summed E-state index contributed by atoms with van der Waals surface area (Å²) in [6.45, 7) is 4.25. The molecule has 1 aliphatic heterocycles. The lowest BCUT2D eigenvalue weighted by Gasteiger charge is -2.28. The topological polar surface area (TPSA) is 66.9 Å². The molecule has 0 unspecified atom stereocenters. The molecule has 2 saturated carbocycles. The molecule has 1 spiro atoms. The molecule has 1 aromatic carbocycles. The SMILES string of the molecule is CC1(C)O[C@]12[C@H]1CC[C@H]2[C@H](CS(=O)(=O)c2ccccc2)[C@H]1CO. The molecule has 5 heteroatoms. The standard InChI is InChI=1S/C18H24O4S/c1-17(2)18(22-17)15-8-9-16(18)14(13(15)10-19)11-23(20,21)12-6-4-3-5-7-12/h3-7,13-16,19H,8-11H2,1-2H3/t13-,14-,15+,16+,18+/m1/s1. The van der Waals surface area contributed by atoms with Crippen LogP contribution in [0.4, 0.5) is 0 Å². The van der Waals surface area contributed by atoms with Crippen molar-refractivity contribution >= 4 is 9.84 Å². The second-order valence-electron chi connectivity index (χ2n) is 7.80. The fourth-order valence-corrected chi connectivity index (χ4v) is 7.40. The van der Waals surface area contributed by atoms with Crippen LogP contribution in [-0.2, 0) is 14.6 Å². The zero-order chi connectivity index (χ0) is 16.5. The third-order valence-electron chi connectivity index (χ3n) is 6.52. The predicted molar refractivity (Wildman–Crippen MR) is 86.7 cm³/mol. The zero-order valence-electron chi connectivity index (χ0n) is 13.6. The number of rotatable bonds is 4. The molecule has 1 saturated heterocycles. The van der Waals surface area contributed by atoms with E-state index in [0.29, 0.717) is 10.8 Å². The summed E-state index contributed by atoms with van der Waals surface area (Å²) in [6.07, 6.45) is 2.06. The Bertz CT molecular complexity index is 712. The van der Waals surface area contributed by atoms with Crippen molar-refractivity contribution in [2.45, 2.75) is 42.8 Å². The summed E-state index contributed by atoms with van der Waals surface area (Å²) < 4.78 is 31.7. The van der Waals surface area contributed by atoms with Crippen LogP contribution in [0.15, 0.2) is 35.2 Å². The first-order valence-electron chi connectivity index (χ1n) is 8.42. The lowest BCUT2D eigenvalue weighted by atomic mass is 9.81. The number of aliphatic hydroxyl groups excluding tert-OH is 1. The normalized spacial score (nSPS) is 40.7. The molecule has 2 aliphatic carbocycles. The van der Waals surface area contributed by atoms with E-state index in [1.54, 1.807) is 24.3 Å². The van der Waals surface area contributed by atoms with Gasteiger partial charge in [-0.05, 0) is 62.5 Å². The van der Waals surface area contributed by atoms with E-state index in [2.05, 4.69) is 13.8 Å². The predicted octanol–water partition coefficient (Wildman–Crippen LogP) is 2.27. The van der Waals surface area contributed by atoms with Crippen LogP contribution in [0.1, 0.15) is 26.7 Å². The minimum atomic E-state index is -3.34. The van der Waals surface area contributed by atoms with E-state index in [9.17, 15) is 13.5 Å². The molecule has 1 heterocycles. The molecule has 0 aromatic heterocycles. The third-order valence-corrected chi connectivity index (χ3v) is 8.34. The van der Waals surface area contributed by atoms with Crippen molar-refractivity contribution in [1.82, 2.24) is 0 Å². The van der Waals surface area contributed by atoms with Gasteiger partial charge in [-0.1, -0.05) is 18.2 Å². The first kappa shape index (κ1) is 15.6. The molecule has 3 fully saturated rings. The highest BCUT2D eigenvalue weighted by molar-refractivity contribution is 7.91. The minimum absolute atomic E-state index is 0.00858. The van der Waals surface area contributed by atoms with E-state index >= 15 is 0 Å². The maximum Gasteiger partial charge on any atom is 0.178 e. The second-order valence-corrected chi connectivity index (χ2v) is 9.83. The van der Waals surface area contributed by atoms with Crippen LogP contribution in [0.3, 0.4) is 0 Å². The van der Waals surface area contributed by atoms with Gasteiger partial charge in [0.1, 0.15) is 5.60 Å². The minimum Gasteiger partial charge on any atom is -0.396 e. The molecule has 126 valence electrons. The number of epoxide rings is 1. The van der Waals surface area contributed by atoms with Crippen LogP contribution in [0.25, 0.3) is 0 Å². The van der Waals surface area contributed by atoms with Gasteiger partial charge in [0, 0.05) is 6.61 Å². The van der Waals surface area contributed by atoms with E-state index in [1.807, 2.05) is 6.07 Å². The summed E-state index contributed by atoms with van der Waals surface area (Å²) in [5, 5.41) is 9.91. The average molecular weight is 336 g/mol. The van der Waals surface area contributed by atoms with Gasteiger partial charge in [-0.2, -0.15) is 0 Å². The van der Waals surface area contributed by atoms with Gasteiger partial charge < -0.3 is 9.84 Å². The van der Waals surface area contributed by atoms with E-state index < -0.39 is 9.84 Å². The smallest absolute Gasteiger partial charge is 0.178 e. The van der Waals surface area contributed by atoms with Crippen LogP contribution in [0, 0.1) is 23.7 Å². The van der Waals surface area contributed by atoms with Crippen molar-refractivity contribution in [3.8, 4) is 0 Å². The van der Waals surface area contributed by atoms with Crippen molar-refractivity contribution in [2.75, 3.05) is 12.4 Å². The number of ether oxygens (including phenoxy) is 1. The Morgan fingerprint density at radius 1 is 1.13 bits per heavy atom. The quantitative estimate of drug-likeness (QED) is 0.857. The van der Waals surface area contributed by atoms with Crippen LogP contribution in [0.2, 0.25) is 0 Å². The first-order valence-corrected chi connectivity index (χ1v) is 10.1. The molecular formula is C18H24O4S. The second kappa shape index (κ2) is 4.80. The van der Waals surface area contributed by atoms with Crippen molar-refractivity contribution in [3.05, 3.63) is 30.3 Å². The largest absolute Gasteiger partial charge is 0.396 e. The summed E-state index contributed by atoms with van der Waals surface area (Å²) in [5.41, 5.74) is -0.380. The monoisotopic (exact) mass is 336 g/mol. The number of benzene rings is 1. The Morgan fingerprint density at radius 3 is 2.22 bits per heavy atom. The van der Waals surface area contributed by atoms with Crippen molar-refractivity contribution < 1.29 is 18.3 Å². The molecule has 1 aromatic rings. The van der Waals surface area contributed by atoms with E-state index in [1.165, 1.54) is 0 Å². The summed E-state index contributed by atoms with van der Waals surface area (Å²) in [6, 6.07) is 8.65. The van der Waals surface area contributed by atoms with Gasteiger partial charge in [0.15, 0.2) is 9.84 Å². The van der Waals surface area contributed by atoms with Gasteiger partial charge in [-0.15, -0.1) is 0 Å². The number of hydrogen-bond acceptors (Lipinski definition) is 4. The summed E-state index contributed by atoms with van der Waals surface area (Å²) >= 11 is 0. The Kier molecular flexibility index (Phi) is 3.26. The first-order chi connectivity index (χ1) is 10.8. The third kappa shape index (κ3) is 1.99. The maximum atomic E-state index is 12.8. The van der Waals surface area contributed by atoms with Gasteiger partial charge in [-0.25, -0.2) is 8.42 Å². The lowest BCUT2D eigenvalue weighted by Crippen LogP contribution is -2.31. The highest BCUT2D eigenvalue weighted by atomic mass is 32.2. The molecule has 3 aliphatic rings. The molecule has 0 amide bonds. The zero-order valence-corrected chi connectivity index (χ0v) is 14.4. The fourth-order valence-electron chi connectivity index (χ4n) is 5.64. The van der Waals surface area contributed by atoms with Gasteiger partial charge >= 0.3 is 0 Å². The number of hydrogen-bond donors (Lipinski definition) is 1. The Balaban J connectivity index is 1.65. The Labute approximate surface area is 137 Å². The fraction of sp³-hybridized carbons (Fsp3) is 0.667. The van der Waals surface area contributed by atoms with Crippen molar-refractivity contribution in [2.24, 2.45) is 23.7 Å². The van der Waals surface area contributed by atoms with E-state index in [0.717, 1.165) is 12.8 Å². The van der Waals surface area contributed by atoms with E-state index in [4.69, 9.17) is 4.74 Å². The lowest BCUT2D eigenvalue weighted by molar-refractivity contribution is 0.132. The van der Waals surface area contributed by atoms with Crippen LogP contribution in [0.5, 0.6) is 0 Å². The highest BCUT2D eigenvalue weighted by Crippen LogP contribution is 2.72. The van der Waals surface area contributed by atoms with Crippen LogP contribution < -0.4 is 0 Å². The van der Waals surface area contributed by atoms with Gasteiger partial charge in [-0.3, -0.25) is 0 Å². The Morgan fingerprint density at radius 2 is 1.70 bits per heavy atom. The number of aliphatic hydroxyl groups is 1. The van der Waals surface area contributed by atoms with Crippen molar-refractivity contribution in [1.29, 1.82) is 0 Å².